The SMILES string of the molecule is COC(CN)CC(=O)NC(c1oc2ccccc2c1C)C(C)C.Cl. The van der Waals surface area contributed by atoms with E-state index in [4.69, 9.17) is 14.9 Å². The Bertz CT molecular complexity index is 665. The van der Waals surface area contributed by atoms with Crippen molar-refractivity contribution in [3.63, 3.8) is 0 Å². The van der Waals surface area contributed by atoms with Crippen LogP contribution in [0.2, 0.25) is 0 Å². The van der Waals surface area contributed by atoms with Crippen molar-refractivity contribution < 1.29 is 13.9 Å². The van der Waals surface area contributed by atoms with Crippen molar-refractivity contribution in [3.8, 4) is 0 Å². The largest absolute Gasteiger partial charge is 0.459 e. The number of furan rings is 1. The van der Waals surface area contributed by atoms with Crippen LogP contribution in [0.1, 0.15) is 37.6 Å². The summed E-state index contributed by atoms with van der Waals surface area (Å²) in [4.78, 5) is 12.3. The number of carbonyl (C=O) groups is 1. The third-order valence-electron chi connectivity index (χ3n) is 4.16. The highest BCUT2D eigenvalue weighted by atomic mass is 35.5. The number of aryl methyl sites for hydroxylation is 1. The Hall–Kier alpha value is -1.56. The molecule has 0 aliphatic carbocycles. The third-order valence-corrected chi connectivity index (χ3v) is 4.16. The highest BCUT2D eigenvalue weighted by molar-refractivity contribution is 5.85. The molecular weight excluding hydrogens is 328 g/mol. The number of ether oxygens (including phenoxy) is 1. The van der Waals surface area contributed by atoms with Crippen molar-refractivity contribution in [2.75, 3.05) is 13.7 Å². The number of fused-ring (bicyclic) bond motifs is 1. The van der Waals surface area contributed by atoms with Crippen molar-refractivity contribution in [1.82, 2.24) is 5.32 Å². The number of halogens is 1. The van der Waals surface area contributed by atoms with Crippen molar-refractivity contribution in [3.05, 3.63) is 35.6 Å². The first kappa shape index (κ1) is 20.5. The standard InChI is InChI=1S/C18H26N2O3.ClH/c1-11(2)17(20-16(21)9-13(10-19)22-4)18-12(3)14-7-5-6-8-15(14)23-18;/h5-8,11,13,17H,9-10,19H2,1-4H3,(H,20,21);1H. The monoisotopic (exact) mass is 354 g/mol. The summed E-state index contributed by atoms with van der Waals surface area (Å²) in [6.07, 6.45) is -0.0187. The van der Waals surface area contributed by atoms with Crippen LogP contribution >= 0.6 is 12.4 Å². The highest BCUT2D eigenvalue weighted by Crippen LogP contribution is 2.32. The number of carbonyl (C=O) groups excluding carboxylic acids is 1. The van der Waals surface area contributed by atoms with E-state index in [0.717, 1.165) is 22.3 Å². The minimum Gasteiger partial charge on any atom is -0.459 e. The summed E-state index contributed by atoms with van der Waals surface area (Å²) in [5.74, 6) is 0.939. The van der Waals surface area contributed by atoms with E-state index in [1.165, 1.54) is 0 Å². The van der Waals surface area contributed by atoms with Gasteiger partial charge in [0.2, 0.25) is 5.91 Å². The van der Waals surface area contributed by atoms with Crippen LogP contribution in [0.25, 0.3) is 11.0 Å². The summed E-state index contributed by atoms with van der Waals surface area (Å²) in [7, 11) is 1.56. The van der Waals surface area contributed by atoms with E-state index in [9.17, 15) is 4.79 Å². The van der Waals surface area contributed by atoms with Crippen molar-refractivity contribution in [1.29, 1.82) is 0 Å². The highest BCUT2D eigenvalue weighted by Gasteiger charge is 2.25. The van der Waals surface area contributed by atoms with Gasteiger partial charge < -0.3 is 20.2 Å². The number of hydrogen-bond acceptors (Lipinski definition) is 4. The van der Waals surface area contributed by atoms with Crippen LogP contribution in [0.3, 0.4) is 0 Å². The molecule has 0 saturated carbocycles. The second-order valence-corrected chi connectivity index (χ2v) is 6.17. The van der Waals surface area contributed by atoms with Gasteiger partial charge in [0.15, 0.2) is 0 Å². The number of benzene rings is 1. The van der Waals surface area contributed by atoms with Crippen LogP contribution in [-0.4, -0.2) is 25.7 Å². The topological polar surface area (TPSA) is 77.5 Å². The maximum atomic E-state index is 12.3. The average Bonchev–Trinajstić information content (AvgIpc) is 2.87. The number of nitrogens with two attached hydrogens (primary N) is 1. The van der Waals surface area contributed by atoms with Crippen molar-refractivity contribution >= 4 is 29.3 Å². The van der Waals surface area contributed by atoms with Crippen LogP contribution in [0.5, 0.6) is 0 Å². The number of nitrogens with one attached hydrogen (secondary N) is 1. The summed E-state index contributed by atoms with van der Waals surface area (Å²) < 4.78 is 11.2. The Kier molecular flexibility index (Phi) is 7.73. The Balaban J connectivity index is 0.00000288. The van der Waals surface area contributed by atoms with Crippen LogP contribution in [0.4, 0.5) is 0 Å². The molecule has 0 saturated heterocycles. The molecule has 2 atom stereocenters. The van der Waals surface area contributed by atoms with Gasteiger partial charge >= 0.3 is 0 Å². The molecule has 3 N–H and O–H groups in total. The molecule has 2 rings (SSSR count). The Morgan fingerprint density at radius 3 is 2.54 bits per heavy atom. The lowest BCUT2D eigenvalue weighted by Gasteiger charge is -2.22. The summed E-state index contributed by atoms with van der Waals surface area (Å²) in [5.41, 5.74) is 7.50. The molecular formula is C18H27ClN2O3. The van der Waals surface area contributed by atoms with Gasteiger partial charge in [0.05, 0.1) is 18.6 Å². The Labute approximate surface area is 149 Å². The van der Waals surface area contributed by atoms with E-state index in [-0.39, 0.29) is 42.8 Å². The molecule has 1 aromatic carbocycles. The van der Waals surface area contributed by atoms with E-state index in [1.807, 2.05) is 31.2 Å². The van der Waals surface area contributed by atoms with E-state index in [1.54, 1.807) is 7.11 Å². The van der Waals surface area contributed by atoms with Gasteiger partial charge in [0.1, 0.15) is 11.3 Å². The molecule has 0 bridgehead atoms. The average molecular weight is 355 g/mol. The van der Waals surface area contributed by atoms with Gasteiger partial charge in [-0.15, -0.1) is 12.4 Å². The number of hydrogen-bond donors (Lipinski definition) is 2. The zero-order valence-electron chi connectivity index (χ0n) is 14.7. The molecule has 134 valence electrons. The van der Waals surface area contributed by atoms with Crippen LogP contribution in [-0.2, 0) is 9.53 Å². The quantitative estimate of drug-likeness (QED) is 0.799. The molecule has 6 heteroatoms. The van der Waals surface area contributed by atoms with Gasteiger partial charge in [-0.25, -0.2) is 0 Å². The first-order chi connectivity index (χ1) is 11.0. The fourth-order valence-electron chi connectivity index (χ4n) is 2.73. The lowest BCUT2D eigenvalue weighted by atomic mass is 9.98. The molecule has 1 amide bonds. The summed E-state index contributed by atoms with van der Waals surface area (Å²) >= 11 is 0. The summed E-state index contributed by atoms with van der Waals surface area (Å²) in [6, 6.07) is 7.74. The fraction of sp³-hybridized carbons (Fsp3) is 0.500. The van der Waals surface area contributed by atoms with E-state index in [2.05, 4.69) is 19.2 Å². The molecule has 0 radical (unpaired) electrons. The smallest absolute Gasteiger partial charge is 0.223 e. The minimum atomic E-state index is -0.264. The van der Waals surface area contributed by atoms with Gasteiger partial charge in [0.25, 0.3) is 0 Å². The van der Waals surface area contributed by atoms with Gasteiger partial charge in [-0.2, -0.15) is 0 Å². The third kappa shape index (κ3) is 4.50. The zero-order valence-corrected chi connectivity index (χ0v) is 15.5. The first-order valence-corrected chi connectivity index (χ1v) is 7.98. The van der Waals surface area contributed by atoms with Crippen LogP contribution in [0, 0.1) is 12.8 Å². The maximum absolute atomic E-state index is 12.3. The molecule has 2 aromatic rings. The molecule has 0 spiro atoms. The molecule has 5 nitrogen and oxygen atoms in total. The molecule has 1 heterocycles. The summed E-state index contributed by atoms with van der Waals surface area (Å²) in [6.45, 7) is 6.48. The lowest BCUT2D eigenvalue weighted by Crippen LogP contribution is -2.36. The van der Waals surface area contributed by atoms with Gasteiger partial charge in [-0.1, -0.05) is 32.0 Å². The molecule has 0 aliphatic heterocycles. The molecule has 1 aromatic heterocycles. The zero-order chi connectivity index (χ0) is 17.0. The van der Waals surface area contributed by atoms with Gasteiger partial charge in [-0.3, -0.25) is 4.79 Å². The maximum Gasteiger partial charge on any atom is 0.223 e. The predicted octanol–water partition coefficient (Wildman–Crippen LogP) is 3.34. The summed E-state index contributed by atoms with van der Waals surface area (Å²) in [5, 5.41) is 4.15. The molecule has 0 aliphatic rings. The van der Waals surface area contributed by atoms with Crippen molar-refractivity contribution in [2.24, 2.45) is 11.7 Å². The Morgan fingerprint density at radius 1 is 1.33 bits per heavy atom. The van der Waals surface area contributed by atoms with Crippen LogP contribution in [0.15, 0.2) is 28.7 Å². The predicted molar refractivity (Wildman–Crippen MR) is 98.4 cm³/mol. The molecule has 0 fully saturated rings. The fourth-order valence-corrected chi connectivity index (χ4v) is 2.73. The second-order valence-electron chi connectivity index (χ2n) is 6.17. The van der Waals surface area contributed by atoms with E-state index in [0.29, 0.717) is 6.54 Å². The van der Waals surface area contributed by atoms with Gasteiger partial charge in [-0.05, 0) is 18.9 Å². The molecule has 24 heavy (non-hydrogen) atoms. The minimum absolute atomic E-state index is 0. The number of methoxy groups -OCH3 is 1. The number of rotatable bonds is 7. The van der Waals surface area contributed by atoms with Crippen molar-refractivity contribution in [2.45, 2.75) is 39.3 Å². The number of para-hydroxylation sites is 1. The van der Waals surface area contributed by atoms with Gasteiger partial charge in [0, 0.05) is 24.6 Å². The van der Waals surface area contributed by atoms with Crippen LogP contribution < -0.4 is 11.1 Å². The second kappa shape index (κ2) is 9.06. The Morgan fingerprint density at radius 2 is 2.00 bits per heavy atom. The molecule has 2 unspecified atom stereocenters. The lowest BCUT2D eigenvalue weighted by molar-refractivity contribution is -0.124. The first-order valence-electron chi connectivity index (χ1n) is 7.98. The van der Waals surface area contributed by atoms with E-state index >= 15 is 0 Å². The normalized spacial score (nSPS) is 13.6. The van der Waals surface area contributed by atoms with E-state index < -0.39 is 0 Å². The number of amides is 1.